The molecule has 2 N–H and O–H groups in total. The van der Waals surface area contributed by atoms with E-state index >= 15 is 0 Å². The molecule has 3 aromatic carbocycles. The quantitative estimate of drug-likeness (QED) is 0.323. The van der Waals surface area contributed by atoms with Crippen molar-refractivity contribution in [1.82, 2.24) is 0 Å². The monoisotopic (exact) mass is 540 g/mol. The third-order valence-electron chi connectivity index (χ3n) is 4.14. The van der Waals surface area contributed by atoms with Gasteiger partial charge in [-0.1, -0.05) is 45.2 Å². The Kier molecular flexibility index (Phi) is 8.00. The van der Waals surface area contributed by atoms with Crippen LogP contribution in [0.2, 0.25) is 10.0 Å². The highest BCUT2D eigenvalue weighted by molar-refractivity contribution is 9.10. The minimum Gasteiger partial charge on any atom is -0.323 e. The lowest BCUT2D eigenvalue weighted by Gasteiger charge is -2.14. The molecule has 0 spiro atoms. The molecule has 0 bridgehead atoms. The van der Waals surface area contributed by atoms with Gasteiger partial charge in [-0.15, -0.1) is 11.8 Å². The van der Waals surface area contributed by atoms with Gasteiger partial charge in [0.2, 0.25) is 5.91 Å². The summed E-state index contributed by atoms with van der Waals surface area (Å²) in [5, 5.41) is 5.56. The van der Waals surface area contributed by atoms with E-state index in [0.29, 0.717) is 20.7 Å². The van der Waals surface area contributed by atoms with Crippen LogP contribution in [0, 0.1) is 5.82 Å². The van der Waals surface area contributed by atoms with Gasteiger partial charge in [-0.2, -0.15) is 0 Å². The van der Waals surface area contributed by atoms with Crippen molar-refractivity contribution in [2.75, 3.05) is 10.6 Å². The van der Waals surface area contributed by atoms with Crippen LogP contribution < -0.4 is 10.6 Å². The number of rotatable bonds is 6. The molecule has 3 aromatic rings. The van der Waals surface area contributed by atoms with E-state index in [4.69, 9.17) is 23.2 Å². The van der Waals surface area contributed by atoms with E-state index in [2.05, 4.69) is 26.6 Å². The SMILES string of the molecule is CC(Sc1cccc(NC(=O)c2ccc(Cl)cc2Cl)c1)C(=O)Nc1ccc(Br)cc1F. The number of halogens is 4. The fourth-order valence-corrected chi connectivity index (χ4v) is 4.36. The summed E-state index contributed by atoms with van der Waals surface area (Å²) in [6.07, 6.45) is 0. The van der Waals surface area contributed by atoms with E-state index in [0.717, 1.165) is 4.90 Å². The van der Waals surface area contributed by atoms with Crippen LogP contribution in [-0.2, 0) is 4.79 Å². The van der Waals surface area contributed by atoms with Crippen LogP contribution in [0.1, 0.15) is 17.3 Å². The number of carbonyl (C=O) groups is 2. The normalized spacial score (nSPS) is 11.6. The van der Waals surface area contributed by atoms with Gasteiger partial charge in [0, 0.05) is 20.1 Å². The highest BCUT2D eigenvalue weighted by atomic mass is 79.9. The van der Waals surface area contributed by atoms with Gasteiger partial charge < -0.3 is 10.6 Å². The fraction of sp³-hybridized carbons (Fsp3) is 0.0909. The van der Waals surface area contributed by atoms with Crippen LogP contribution in [0.4, 0.5) is 15.8 Å². The Balaban J connectivity index is 1.65. The Labute approximate surface area is 201 Å². The smallest absolute Gasteiger partial charge is 0.257 e. The Hall–Kier alpha value is -2.06. The molecule has 0 heterocycles. The largest absolute Gasteiger partial charge is 0.323 e. The van der Waals surface area contributed by atoms with Gasteiger partial charge in [0.05, 0.1) is 21.5 Å². The molecule has 3 rings (SSSR count). The second-order valence-electron chi connectivity index (χ2n) is 6.48. The minimum atomic E-state index is -0.523. The molecule has 0 aromatic heterocycles. The maximum Gasteiger partial charge on any atom is 0.257 e. The number of hydrogen-bond acceptors (Lipinski definition) is 3. The Morgan fingerprint density at radius 3 is 2.52 bits per heavy atom. The summed E-state index contributed by atoms with van der Waals surface area (Å²) in [6.45, 7) is 1.72. The Morgan fingerprint density at radius 2 is 1.81 bits per heavy atom. The summed E-state index contributed by atoms with van der Waals surface area (Å²) in [5.41, 5.74) is 0.961. The third kappa shape index (κ3) is 6.46. The molecule has 160 valence electrons. The second-order valence-corrected chi connectivity index (χ2v) is 9.65. The lowest BCUT2D eigenvalue weighted by Crippen LogP contribution is -2.23. The molecule has 1 atom stereocenters. The average Bonchev–Trinajstić information content (AvgIpc) is 2.70. The molecule has 1 unspecified atom stereocenters. The van der Waals surface area contributed by atoms with E-state index < -0.39 is 11.1 Å². The lowest BCUT2D eigenvalue weighted by atomic mass is 10.2. The van der Waals surface area contributed by atoms with E-state index in [9.17, 15) is 14.0 Å². The number of nitrogens with one attached hydrogen (secondary N) is 2. The maximum atomic E-state index is 14.0. The predicted octanol–water partition coefficient (Wildman–Crippen LogP) is 7.27. The van der Waals surface area contributed by atoms with Crippen molar-refractivity contribution in [3.8, 4) is 0 Å². The van der Waals surface area contributed by atoms with Gasteiger partial charge in [-0.25, -0.2) is 4.39 Å². The van der Waals surface area contributed by atoms with Crippen LogP contribution >= 0.6 is 50.9 Å². The van der Waals surface area contributed by atoms with Gasteiger partial charge in [-0.3, -0.25) is 9.59 Å². The number of thioether (sulfide) groups is 1. The first-order valence-corrected chi connectivity index (χ1v) is 11.4. The topological polar surface area (TPSA) is 58.2 Å². The zero-order valence-electron chi connectivity index (χ0n) is 16.1. The average molecular weight is 542 g/mol. The molecule has 0 saturated heterocycles. The van der Waals surface area contributed by atoms with Crippen molar-refractivity contribution in [2.24, 2.45) is 0 Å². The highest BCUT2D eigenvalue weighted by Crippen LogP contribution is 2.28. The number of carbonyl (C=O) groups excluding carboxylic acids is 2. The fourth-order valence-electron chi connectivity index (χ4n) is 2.60. The van der Waals surface area contributed by atoms with E-state index in [1.807, 2.05) is 6.07 Å². The van der Waals surface area contributed by atoms with Gasteiger partial charge in [0.15, 0.2) is 0 Å². The van der Waals surface area contributed by atoms with E-state index in [1.54, 1.807) is 43.3 Å². The molecule has 0 saturated carbocycles. The first-order chi connectivity index (χ1) is 14.7. The zero-order chi connectivity index (χ0) is 22.5. The molecule has 9 heteroatoms. The predicted molar refractivity (Wildman–Crippen MR) is 129 cm³/mol. The zero-order valence-corrected chi connectivity index (χ0v) is 20.0. The summed E-state index contributed by atoms with van der Waals surface area (Å²) >= 11 is 16.4. The van der Waals surface area contributed by atoms with Crippen molar-refractivity contribution in [3.05, 3.63) is 86.6 Å². The van der Waals surface area contributed by atoms with Crippen molar-refractivity contribution >= 4 is 74.1 Å². The lowest BCUT2D eigenvalue weighted by molar-refractivity contribution is -0.115. The van der Waals surface area contributed by atoms with Crippen LogP contribution in [-0.4, -0.2) is 17.1 Å². The van der Waals surface area contributed by atoms with Gasteiger partial charge in [-0.05, 0) is 61.5 Å². The first-order valence-electron chi connectivity index (χ1n) is 9.02. The summed E-state index contributed by atoms with van der Waals surface area (Å²) in [5.74, 6) is -1.24. The summed E-state index contributed by atoms with van der Waals surface area (Å²) in [7, 11) is 0. The highest BCUT2D eigenvalue weighted by Gasteiger charge is 2.17. The van der Waals surface area contributed by atoms with Crippen molar-refractivity contribution in [2.45, 2.75) is 17.1 Å². The van der Waals surface area contributed by atoms with E-state index in [1.165, 1.54) is 30.0 Å². The molecule has 0 aliphatic carbocycles. The van der Waals surface area contributed by atoms with Gasteiger partial charge in [0.1, 0.15) is 5.82 Å². The minimum absolute atomic E-state index is 0.113. The second kappa shape index (κ2) is 10.5. The molecule has 0 fully saturated rings. The molecule has 0 aliphatic rings. The number of hydrogen-bond donors (Lipinski definition) is 2. The molecule has 0 radical (unpaired) electrons. The Morgan fingerprint density at radius 1 is 1.03 bits per heavy atom. The van der Waals surface area contributed by atoms with Gasteiger partial charge in [0.25, 0.3) is 5.91 Å². The molecule has 31 heavy (non-hydrogen) atoms. The maximum absolute atomic E-state index is 14.0. The summed E-state index contributed by atoms with van der Waals surface area (Å²) in [4.78, 5) is 25.7. The van der Waals surface area contributed by atoms with E-state index in [-0.39, 0.29) is 22.5 Å². The van der Waals surface area contributed by atoms with Crippen LogP contribution in [0.3, 0.4) is 0 Å². The molecule has 4 nitrogen and oxygen atoms in total. The standard InChI is InChI=1S/C22H16BrCl2FN2O2S/c1-12(21(29)28-20-8-5-13(23)9-19(20)26)31-16-4-2-3-15(11-16)27-22(30)17-7-6-14(24)10-18(17)25/h2-12H,1H3,(H,27,30)(H,28,29). The number of anilines is 2. The van der Waals surface area contributed by atoms with Crippen molar-refractivity contribution in [3.63, 3.8) is 0 Å². The number of benzene rings is 3. The van der Waals surface area contributed by atoms with Crippen LogP contribution in [0.25, 0.3) is 0 Å². The molecule has 0 aliphatic heterocycles. The van der Waals surface area contributed by atoms with Crippen molar-refractivity contribution < 1.29 is 14.0 Å². The van der Waals surface area contributed by atoms with Crippen LogP contribution in [0.5, 0.6) is 0 Å². The van der Waals surface area contributed by atoms with Crippen LogP contribution in [0.15, 0.2) is 70.0 Å². The Bertz CT molecular complexity index is 1150. The third-order valence-corrected chi connectivity index (χ3v) is 6.27. The van der Waals surface area contributed by atoms with Crippen molar-refractivity contribution in [1.29, 1.82) is 0 Å². The molecular formula is C22H16BrCl2FN2O2S. The van der Waals surface area contributed by atoms with Gasteiger partial charge >= 0.3 is 0 Å². The summed E-state index contributed by atoms with van der Waals surface area (Å²) < 4.78 is 14.5. The first kappa shape index (κ1) is 23.6. The number of amides is 2. The molecule has 2 amide bonds. The summed E-state index contributed by atoms with van der Waals surface area (Å²) in [6, 6.07) is 16.1. The molecular weight excluding hydrogens is 526 g/mol.